The number of halogens is 3. The molecule has 11 heteroatoms. The maximum absolute atomic E-state index is 13.4. The number of aromatic nitrogens is 1. The Morgan fingerprint density at radius 2 is 1.94 bits per heavy atom. The minimum atomic E-state index is -4.94. The molecule has 2 aromatic heterocycles. The zero-order valence-corrected chi connectivity index (χ0v) is 18.4. The second kappa shape index (κ2) is 8.07. The van der Waals surface area contributed by atoms with Crippen LogP contribution in [-0.4, -0.2) is 28.1 Å². The Bertz CT molecular complexity index is 1290. The maximum Gasteiger partial charge on any atom is 0.573 e. The zero-order valence-electron chi connectivity index (χ0n) is 17.6. The Morgan fingerprint density at radius 1 is 1.21 bits per heavy atom. The van der Waals surface area contributed by atoms with Crippen LogP contribution in [0.1, 0.15) is 37.9 Å². The lowest BCUT2D eigenvalue weighted by molar-refractivity contribution is -0.274. The Morgan fingerprint density at radius 3 is 2.52 bits per heavy atom. The molecule has 0 spiro atoms. The van der Waals surface area contributed by atoms with Crippen LogP contribution in [0.25, 0.3) is 0 Å². The topological polar surface area (TPSA) is 92.9 Å². The number of hydrogen-bond acceptors (Lipinski definition) is 7. The highest BCUT2D eigenvalue weighted by molar-refractivity contribution is 7.14. The van der Waals surface area contributed by atoms with E-state index in [-0.39, 0.29) is 21.9 Å². The molecule has 7 nitrogen and oxygen atoms in total. The van der Waals surface area contributed by atoms with Crippen LogP contribution < -0.4 is 9.64 Å². The minimum Gasteiger partial charge on any atom is -0.503 e. The summed E-state index contributed by atoms with van der Waals surface area (Å²) in [6, 6.07) is 6.65. The number of amides is 1. The Kier molecular flexibility index (Phi) is 5.52. The molecule has 1 N–H and O–H groups in total. The van der Waals surface area contributed by atoms with Crippen LogP contribution in [0.5, 0.6) is 5.75 Å². The van der Waals surface area contributed by atoms with E-state index in [0.29, 0.717) is 16.5 Å². The minimum absolute atomic E-state index is 0.0210. The smallest absolute Gasteiger partial charge is 0.503 e. The molecule has 0 bridgehead atoms. The molecule has 1 amide bonds. The van der Waals surface area contributed by atoms with Gasteiger partial charge in [-0.15, -0.1) is 24.5 Å². The summed E-state index contributed by atoms with van der Waals surface area (Å²) in [4.78, 5) is 32.0. The van der Waals surface area contributed by atoms with E-state index in [1.807, 2.05) is 0 Å². The zero-order chi connectivity index (χ0) is 24.1. The second-order valence-corrected chi connectivity index (χ2v) is 8.51. The lowest BCUT2D eigenvalue weighted by Crippen LogP contribution is -2.31. The van der Waals surface area contributed by atoms with Gasteiger partial charge in [0.1, 0.15) is 23.3 Å². The number of aliphatic hydroxyl groups excluding tert-OH is 1. The molecule has 0 aliphatic carbocycles. The summed E-state index contributed by atoms with van der Waals surface area (Å²) >= 11 is 1.11. The molecular formula is C22H17F3N2O5S. The van der Waals surface area contributed by atoms with Crippen molar-refractivity contribution in [3.8, 4) is 5.75 Å². The molecule has 0 radical (unpaired) electrons. The molecule has 0 saturated heterocycles. The highest BCUT2D eigenvalue weighted by Crippen LogP contribution is 2.44. The van der Waals surface area contributed by atoms with Crippen molar-refractivity contribution in [3.05, 3.63) is 74.8 Å². The van der Waals surface area contributed by atoms with Crippen molar-refractivity contribution in [2.45, 2.75) is 33.2 Å². The number of anilines is 1. The van der Waals surface area contributed by atoms with Crippen LogP contribution in [0.4, 0.5) is 18.9 Å². The number of aryl methyl sites for hydroxylation is 3. The Hall–Kier alpha value is -3.60. The number of thiazole rings is 1. The molecule has 33 heavy (non-hydrogen) atoms. The van der Waals surface area contributed by atoms with Crippen molar-refractivity contribution in [3.63, 3.8) is 0 Å². The van der Waals surface area contributed by atoms with E-state index >= 15 is 0 Å². The summed E-state index contributed by atoms with van der Waals surface area (Å²) < 4.78 is 47.8. The first-order valence-corrected chi connectivity index (χ1v) is 10.5. The van der Waals surface area contributed by atoms with E-state index in [1.54, 1.807) is 26.8 Å². The van der Waals surface area contributed by atoms with Crippen LogP contribution in [0.15, 0.2) is 52.1 Å². The predicted octanol–water partition coefficient (Wildman–Crippen LogP) is 5.34. The van der Waals surface area contributed by atoms with Gasteiger partial charge in [-0.25, -0.2) is 4.98 Å². The predicted molar refractivity (Wildman–Crippen MR) is 112 cm³/mol. The number of rotatable bonds is 5. The number of ketones is 1. The van der Waals surface area contributed by atoms with Gasteiger partial charge in [0.05, 0.1) is 21.2 Å². The van der Waals surface area contributed by atoms with Crippen LogP contribution in [0.3, 0.4) is 0 Å². The van der Waals surface area contributed by atoms with E-state index in [0.717, 1.165) is 28.4 Å². The van der Waals surface area contributed by atoms with E-state index < -0.39 is 35.6 Å². The molecule has 4 rings (SSSR count). The molecule has 3 aromatic rings. The SMILES string of the molecule is Cc1ccc(C2C(C(=O)c3sc(C)nc3C)=C(O)C(=O)N2c2cccc(OC(F)(F)F)c2)o1. The first-order valence-electron chi connectivity index (χ1n) is 9.64. The van der Waals surface area contributed by atoms with Gasteiger partial charge in [-0.2, -0.15) is 0 Å². The average molecular weight is 478 g/mol. The summed E-state index contributed by atoms with van der Waals surface area (Å²) in [5.74, 6) is -2.31. The number of carbonyl (C=O) groups is 2. The third-order valence-corrected chi connectivity index (χ3v) is 5.99. The highest BCUT2D eigenvalue weighted by atomic mass is 32.1. The molecule has 0 fully saturated rings. The number of Topliss-reactive ketones (excluding diaryl/α,β-unsaturated/α-hetero) is 1. The number of aliphatic hydroxyl groups is 1. The van der Waals surface area contributed by atoms with Gasteiger partial charge in [-0.3, -0.25) is 14.5 Å². The lowest BCUT2D eigenvalue weighted by Gasteiger charge is -2.25. The van der Waals surface area contributed by atoms with Crippen molar-refractivity contribution in [2.75, 3.05) is 4.90 Å². The van der Waals surface area contributed by atoms with Crippen molar-refractivity contribution in [2.24, 2.45) is 0 Å². The lowest BCUT2D eigenvalue weighted by atomic mass is 9.99. The number of nitrogens with zero attached hydrogens (tertiary/aromatic N) is 2. The van der Waals surface area contributed by atoms with Crippen molar-refractivity contribution in [1.29, 1.82) is 0 Å². The molecule has 172 valence electrons. The average Bonchev–Trinajstić information content (AvgIpc) is 3.36. The van der Waals surface area contributed by atoms with E-state index in [9.17, 15) is 27.9 Å². The quantitative estimate of drug-likeness (QED) is 0.498. The van der Waals surface area contributed by atoms with E-state index in [4.69, 9.17) is 4.42 Å². The van der Waals surface area contributed by atoms with Crippen LogP contribution in [0, 0.1) is 20.8 Å². The third kappa shape index (κ3) is 4.23. The normalized spacial score (nSPS) is 16.6. The number of furan rings is 1. The second-order valence-electron chi connectivity index (χ2n) is 7.31. The summed E-state index contributed by atoms with van der Waals surface area (Å²) in [7, 11) is 0. The summed E-state index contributed by atoms with van der Waals surface area (Å²) in [6.07, 6.45) is -4.94. The van der Waals surface area contributed by atoms with Crippen LogP contribution >= 0.6 is 11.3 Å². The van der Waals surface area contributed by atoms with Gasteiger partial charge in [0.2, 0.25) is 5.78 Å². The Labute approximate surface area is 189 Å². The number of carbonyl (C=O) groups excluding carboxylic acids is 2. The molecule has 1 aromatic carbocycles. The molecule has 1 unspecified atom stereocenters. The van der Waals surface area contributed by atoms with Gasteiger partial charge in [0, 0.05) is 11.8 Å². The maximum atomic E-state index is 13.4. The molecule has 1 atom stereocenters. The number of hydrogen-bond donors (Lipinski definition) is 1. The largest absolute Gasteiger partial charge is 0.573 e. The van der Waals surface area contributed by atoms with Gasteiger partial charge in [-0.05, 0) is 45.0 Å². The van der Waals surface area contributed by atoms with Gasteiger partial charge < -0.3 is 14.3 Å². The number of alkyl halides is 3. The van der Waals surface area contributed by atoms with Gasteiger partial charge in [-0.1, -0.05) is 6.07 Å². The van der Waals surface area contributed by atoms with Gasteiger partial charge in [0.25, 0.3) is 5.91 Å². The standard InChI is InChI=1S/C22H17F3N2O5S/c1-10-7-8-15(31-10)17-16(18(28)20-11(2)26-12(3)33-20)19(29)21(30)27(17)13-5-4-6-14(9-13)32-22(23,24)25/h4-9,17,29H,1-3H3. The van der Waals surface area contributed by atoms with E-state index in [1.165, 1.54) is 18.2 Å². The van der Waals surface area contributed by atoms with Crippen LogP contribution in [-0.2, 0) is 4.79 Å². The summed E-state index contributed by atoms with van der Waals surface area (Å²) in [6.45, 7) is 5.01. The fraction of sp³-hybridized carbons (Fsp3) is 0.227. The van der Waals surface area contributed by atoms with E-state index in [2.05, 4.69) is 9.72 Å². The Balaban J connectivity index is 1.84. The first-order chi connectivity index (χ1) is 15.5. The van der Waals surface area contributed by atoms with Gasteiger partial charge >= 0.3 is 6.36 Å². The van der Waals surface area contributed by atoms with Crippen molar-refractivity contribution < 1.29 is 37.0 Å². The van der Waals surface area contributed by atoms with Crippen molar-refractivity contribution >= 4 is 28.7 Å². The summed E-state index contributed by atoms with van der Waals surface area (Å²) in [5, 5.41) is 11.3. The molecule has 1 aliphatic rings. The molecule has 1 aliphatic heterocycles. The molecule has 3 heterocycles. The fourth-order valence-corrected chi connectivity index (χ4v) is 4.54. The highest BCUT2D eigenvalue weighted by Gasteiger charge is 2.47. The number of benzene rings is 1. The molecular weight excluding hydrogens is 461 g/mol. The molecule has 0 saturated carbocycles. The first kappa shape index (κ1) is 22.6. The van der Waals surface area contributed by atoms with Crippen LogP contribution in [0.2, 0.25) is 0 Å². The third-order valence-electron chi connectivity index (χ3n) is 4.92. The summed E-state index contributed by atoms with van der Waals surface area (Å²) in [5.41, 5.74) is 0.166. The fourth-order valence-electron chi connectivity index (χ4n) is 3.67. The van der Waals surface area contributed by atoms with Crippen molar-refractivity contribution in [1.82, 2.24) is 4.98 Å². The number of ether oxygens (including phenoxy) is 1. The monoisotopic (exact) mass is 478 g/mol. The van der Waals surface area contributed by atoms with Gasteiger partial charge in [0.15, 0.2) is 5.76 Å².